The summed E-state index contributed by atoms with van der Waals surface area (Å²) in [5.74, 6) is 0.197. The van der Waals surface area contributed by atoms with E-state index in [9.17, 15) is 4.79 Å². The minimum Gasteiger partial charge on any atom is -0.378 e. The number of rotatable bonds is 3. The molecule has 0 N–H and O–H groups in total. The third-order valence-corrected chi connectivity index (χ3v) is 4.06. The molecule has 1 amide bonds. The zero-order valence-corrected chi connectivity index (χ0v) is 11.7. The maximum atomic E-state index is 12.9. The van der Waals surface area contributed by atoms with Crippen molar-refractivity contribution in [2.45, 2.75) is 18.9 Å². The summed E-state index contributed by atoms with van der Waals surface area (Å²) in [5.41, 5.74) is 1.01. The fraction of sp³-hybridized carbons (Fsp3) is 0.600. The lowest BCUT2D eigenvalue weighted by atomic mass is 10.1. The van der Waals surface area contributed by atoms with Crippen molar-refractivity contribution in [1.82, 2.24) is 14.8 Å². The molecule has 3 rings (SSSR count). The van der Waals surface area contributed by atoms with Gasteiger partial charge in [0.05, 0.1) is 13.2 Å². The molecule has 1 aromatic heterocycles. The van der Waals surface area contributed by atoms with E-state index in [1.165, 1.54) is 12.8 Å². The predicted octanol–water partition coefficient (Wildman–Crippen LogP) is 1.08. The summed E-state index contributed by atoms with van der Waals surface area (Å²) in [6, 6.07) is 3.74. The first-order valence-electron chi connectivity index (χ1n) is 7.37. The molecule has 3 heterocycles. The largest absolute Gasteiger partial charge is 0.378 e. The molecule has 1 aromatic rings. The SMILES string of the molecule is O=C([C@@H](c1cccnc1)N1CCCC1)N1CCOCC1. The standard InChI is InChI=1S/C15H21N3O2/c19-15(18-8-10-20-11-9-18)14(17-6-1-2-7-17)13-4-3-5-16-12-13/h3-5,12,14H,1-2,6-11H2/t14-/m1/s1. The van der Waals surface area contributed by atoms with E-state index in [2.05, 4.69) is 9.88 Å². The molecule has 2 saturated heterocycles. The molecule has 0 saturated carbocycles. The van der Waals surface area contributed by atoms with Gasteiger partial charge in [-0.15, -0.1) is 0 Å². The number of aromatic nitrogens is 1. The highest BCUT2D eigenvalue weighted by atomic mass is 16.5. The number of pyridine rings is 1. The number of hydrogen-bond donors (Lipinski definition) is 0. The molecule has 0 unspecified atom stereocenters. The van der Waals surface area contributed by atoms with Crippen LogP contribution in [0.3, 0.4) is 0 Å². The van der Waals surface area contributed by atoms with Crippen molar-refractivity contribution in [3.8, 4) is 0 Å². The Morgan fingerprint density at radius 1 is 1.20 bits per heavy atom. The van der Waals surface area contributed by atoms with Crippen LogP contribution in [0.15, 0.2) is 24.5 Å². The molecule has 0 bridgehead atoms. The van der Waals surface area contributed by atoms with E-state index >= 15 is 0 Å². The first-order chi connectivity index (χ1) is 9.86. The smallest absolute Gasteiger partial charge is 0.244 e. The van der Waals surface area contributed by atoms with Gasteiger partial charge in [0, 0.05) is 25.5 Å². The first kappa shape index (κ1) is 13.5. The van der Waals surface area contributed by atoms with Crippen LogP contribution in [-0.4, -0.2) is 60.1 Å². The minimum absolute atomic E-state index is 0.177. The van der Waals surface area contributed by atoms with Crippen molar-refractivity contribution < 1.29 is 9.53 Å². The lowest BCUT2D eigenvalue weighted by molar-refractivity contribution is -0.141. The van der Waals surface area contributed by atoms with E-state index in [-0.39, 0.29) is 11.9 Å². The van der Waals surface area contributed by atoms with Gasteiger partial charge in [0.1, 0.15) is 6.04 Å². The number of carbonyl (C=O) groups is 1. The van der Waals surface area contributed by atoms with Crippen molar-refractivity contribution in [3.05, 3.63) is 30.1 Å². The minimum atomic E-state index is -0.177. The molecular weight excluding hydrogens is 254 g/mol. The molecule has 2 aliphatic heterocycles. The van der Waals surface area contributed by atoms with E-state index in [4.69, 9.17) is 4.74 Å². The Morgan fingerprint density at radius 3 is 2.60 bits per heavy atom. The zero-order valence-electron chi connectivity index (χ0n) is 11.7. The summed E-state index contributed by atoms with van der Waals surface area (Å²) in [4.78, 5) is 21.3. The summed E-state index contributed by atoms with van der Waals surface area (Å²) >= 11 is 0. The molecule has 2 fully saturated rings. The van der Waals surface area contributed by atoms with E-state index in [1.807, 2.05) is 23.2 Å². The van der Waals surface area contributed by atoms with Crippen molar-refractivity contribution in [2.75, 3.05) is 39.4 Å². The quantitative estimate of drug-likeness (QED) is 0.828. The van der Waals surface area contributed by atoms with Gasteiger partial charge in [-0.05, 0) is 37.6 Å². The van der Waals surface area contributed by atoms with E-state index in [0.29, 0.717) is 26.3 Å². The summed E-state index contributed by atoms with van der Waals surface area (Å²) in [5, 5.41) is 0. The lowest BCUT2D eigenvalue weighted by Crippen LogP contribution is -2.47. The number of hydrogen-bond acceptors (Lipinski definition) is 4. The fourth-order valence-corrected chi connectivity index (χ4v) is 3.00. The Morgan fingerprint density at radius 2 is 1.95 bits per heavy atom. The second-order valence-electron chi connectivity index (χ2n) is 5.37. The number of nitrogens with zero attached hydrogens (tertiary/aromatic N) is 3. The molecule has 108 valence electrons. The maximum Gasteiger partial charge on any atom is 0.244 e. The van der Waals surface area contributed by atoms with Crippen LogP contribution in [0.1, 0.15) is 24.4 Å². The number of ether oxygens (including phenoxy) is 1. The Bertz CT molecular complexity index is 440. The highest BCUT2D eigenvalue weighted by molar-refractivity contribution is 5.83. The molecular formula is C15H21N3O2. The molecule has 0 spiro atoms. The van der Waals surface area contributed by atoms with Gasteiger partial charge in [0.2, 0.25) is 5.91 Å². The molecule has 1 atom stereocenters. The van der Waals surface area contributed by atoms with Crippen molar-refractivity contribution in [3.63, 3.8) is 0 Å². The third kappa shape index (κ3) is 2.83. The normalized spacial score (nSPS) is 21.9. The molecule has 0 aromatic carbocycles. The average molecular weight is 275 g/mol. The van der Waals surface area contributed by atoms with Gasteiger partial charge in [-0.2, -0.15) is 0 Å². The van der Waals surface area contributed by atoms with Gasteiger partial charge in [-0.25, -0.2) is 0 Å². The van der Waals surface area contributed by atoms with Crippen LogP contribution in [0.2, 0.25) is 0 Å². The van der Waals surface area contributed by atoms with Crippen LogP contribution in [-0.2, 0) is 9.53 Å². The van der Waals surface area contributed by atoms with Crippen LogP contribution >= 0.6 is 0 Å². The van der Waals surface area contributed by atoms with Gasteiger partial charge >= 0.3 is 0 Å². The van der Waals surface area contributed by atoms with Crippen LogP contribution in [0, 0.1) is 0 Å². The van der Waals surface area contributed by atoms with Crippen molar-refractivity contribution in [2.24, 2.45) is 0 Å². The van der Waals surface area contributed by atoms with Gasteiger partial charge in [0.25, 0.3) is 0 Å². The van der Waals surface area contributed by atoms with Gasteiger partial charge < -0.3 is 9.64 Å². The number of likely N-dealkylation sites (tertiary alicyclic amines) is 1. The highest BCUT2D eigenvalue weighted by Gasteiger charge is 2.33. The summed E-state index contributed by atoms with van der Waals surface area (Å²) in [7, 11) is 0. The van der Waals surface area contributed by atoms with Crippen molar-refractivity contribution in [1.29, 1.82) is 0 Å². The molecule has 20 heavy (non-hydrogen) atoms. The van der Waals surface area contributed by atoms with Gasteiger partial charge in [-0.3, -0.25) is 14.7 Å². The Labute approximate surface area is 119 Å². The second kappa shape index (κ2) is 6.33. The summed E-state index contributed by atoms with van der Waals surface area (Å²) in [6.07, 6.45) is 5.92. The lowest BCUT2D eigenvalue weighted by Gasteiger charge is -2.34. The number of amides is 1. The molecule has 5 heteroatoms. The van der Waals surface area contributed by atoms with Gasteiger partial charge in [-0.1, -0.05) is 6.07 Å². The fourth-order valence-electron chi connectivity index (χ4n) is 3.00. The molecule has 5 nitrogen and oxygen atoms in total. The summed E-state index contributed by atoms with van der Waals surface area (Å²) in [6.45, 7) is 4.68. The average Bonchev–Trinajstić information content (AvgIpc) is 3.03. The van der Waals surface area contributed by atoms with Crippen LogP contribution < -0.4 is 0 Å². The third-order valence-electron chi connectivity index (χ3n) is 4.06. The van der Waals surface area contributed by atoms with Gasteiger partial charge in [0.15, 0.2) is 0 Å². The summed E-state index contributed by atoms with van der Waals surface area (Å²) < 4.78 is 5.34. The second-order valence-corrected chi connectivity index (χ2v) is 5.37. The van der Waals surface area contributed by atoms with E-state index < -0.39 is 0 Å². The van der Waals surface area contributed by atoms with E-state index in [1.54, 1.807) is 6.20 Å². The number of morpholine rings is 1. The van der Waals surface area contributed by atoms with Crippen molar-refractivity contribution >= 4 is 5.91 Å². The Balaban J connectivity index is 1.82. The Hall–Kier alpha value is -1.46. The topological polar surface area (TPSA) is 45.7 Å². The molecule has 0 aliphatic carbocycles. The monoisotopic (exact) mass is 275 g/mol. The molecule has 2 aliphatic rings. The van der Waals surface area contributed by atoms with E-state index in [0.717, 1.165) is 18.7 Å². The molecule has 0 radical (unpaired) electrons. The number of carbonyl (C=O) groups excluding carboxylic acids is 1. The predicted molar refractivity (Wildman–Crippen MR) is 75.2 cm³/mol. The Kier molecular flexibility index (Phi) is 4.28. The first-order valence-corrected chi connectivity index (χ1v) is 7.37. The van der Waals surface area contributed by atoms with Crippen LogP contribution in [0.25, 0.3) is 0 Å². The maximum absolute atomic E-state index is 12.9. The van der Waals surface area contributed by atoms with Crippen LogP contribution in [0.5, 0.6) is 0 Å². The highest BCUT2D eigenvalue weighted by Crippen LogP contribution is 2.26. The van der Waals surface area contributed by atoms with Crippen LogP contribution in [0.4, 0.5) is 0 Å². The zero-order chi connectivity index (χ0) is 13.8.